The molecule has 0 radical (unpaired) electrons. The summed E-state index contributed by atoms with van der Waals surface area (Å²) >= 11 is 0. The van der Waals surface area contributed by atoms with Crippen LogP contribution in [0.1, 0.15) is 24.5 Å². The summed E-state index contributed by atoms with van der Waals surface area (Å²) in [6.45, 7) is 7.28. The van der Waals surface area contributed by atoms with Gasteiger partial charge in [0.25, 0.3) is 0 Å². The molecule has 3 heteroatoms. The fourth-order valence-corrected chi connectivity index (χ4v) is 2.50. The lowest BCUT2D eigenvalue weighted by Crippen LogP contribution is -2.37. The van der Waals surface area contributed by atoms with Crippen molar-refractivity contribution in [3.63, 3.8) is 0 Å². The quantitative estimate of drug-likeness (QED) is 0.862. The van der Waals surface area contributed by atoms with E-state index in [1.807, 2.05) is 12.1 Å². The van der Waals surface area contributed by atoms with Crippen LogP contribution in [0.25, 0.3) is 0 Å². The molecular weight excluding hydrogens is 210 g/mol. The fourth-order valence-electron chi connectivity index (χ4n) is 2.50. The number of nitrogens with one attached hydrogen (secondary N) is 1. The molecule has 2 rings (SSSR count). The van der Waals surface area contributed by atoms with Crippen LogP contribution in [0.5, 0.6) is 0 Å². The summed E-state index contributed by atoms with van der Waals surface area (Å²) in [4.78, 5) is 2.35. The highest BCUT2D eigenvalue weighted by Crippen LogP contribution is 2.25. The Labute approximate surface area is 103 Å². The highest BCUT2D eigenvalue weighted by molar-refractivity contribution is 5.61. The highest BCUT2D eigenvalue weighted by atomic mass is 15.2. The van der Waals surface area contributed by atoms with Crippen molar-refractivity contribution in [3.05, 3.63) is 29.3 Å². The van der Waals surface area contributed by atoms with Crippen LogP contribution >= 0.6 is 0 Å². The smallest absolute Gasteiger partial charge is 0.101 e. The number of nitrogens with zero attached hydrogens (tertiary/aromatic N) is 2. The van der Waals surface area contributed by atoms with Crippen molar-refractivity contribution in [1.29, 1.82) is 5.26 Å². The number of rotatable bonds is 3. The number of aryl methyl sites for hydroxylation is 1. The van der Waals surface area contributed by atoms with E-state index in [-0.39, 0.29) is 0 Å². The van der Waals surface area contributed by atoms with Crippen LogP contribution in [0, 0.1) is 18.3 Å². The van der Waals surface area contributed by atoms with Crippen LogP contribution in [-0.2, 0) is 0 Å². The summed E-state index contributed by atoms with van der Waals surface area (Å²) in [6, 6.07) is 8.88. The van der Waals surface area contributed by atoms with E-state index in [0.29, 0.717) is 6.04 Å². The third-order valence-corrected chi connectivity index (χ3v) is 3.40. The molecule has 1 N–H and O–H groups in total. The van der Waals surface area contributed by atoms with Gasteiger partial charge in [-0.2, -0.15) is 5.26 Å². The van der Waals surface area contributed by atoms with Crippen LogP contribution in [-0.4, -0.2) is 25.7 Å². The molecule has 0 spiro atoms. The average Bonchev–Trinajstić information content (AvgIpc) is 2.84. The average molecular weight is 229 g/mol. The third-order valence-electron chi connectivity index (χ3n) is 3.40. The number of nitriles is 1. The van der Waals surface area contributed by atoms with Gasteiger partial charge < -0.3 is 10.2 Å². The van der Waals surface area contributed by atoms with Gasteiger partial charge in [-0.05, 0) is 44.5 Å². The topological polar surface area (TPSA) is 39.1 Å². The Morgan fingerprint density at radius 1 is 1.53 bits per heavy atom. The molecule has 0 saturated carbocycles. The maximum absolute atomic E-state index is 9.20. The van der Waals surface area contributed by atoms with Crippen LogP contribution in [0.4, 0.5) is 5.69 Å². The maximum Gasteiger partial charge on any atom is 0.101 e. The first-order valence-corrected chi connectivity index (χ1v) is 6.24. The predicted octanol–water partition coefficient (Wildman–Crippen LogP) is 2.05. The number of benzene rings is 1. The van der Waals surface area contributed by atoms with Gasteiger partial charge in [-0.3, -0.25) is 0 Å². The summed E-state index contributed by atoms with van der Waals surface area (Å²) in [6.07, 6.45) is 1.16. The second kappa shape index (κ2) is 5.20. The Hall–Kier alpha value is -1.53. The first-order chi connectivity index (χ1) is 8.26. The van der Waals surface area contributed by atoms with E-state index in [9.17, 15) is 5.26 Å². The van der Waals surface area contributed by atoms with E-state index < -0.39 is 0 Å². The Balaban J connectivity index is 2.35. The SMILES string of the molecule is CCN(c1cc(C)ccc1C#N)C1CCNC1. The van der Waals surface area contributed by atoms with E-state index in [1.165, 1.54) is 5.56 Å². The van der Waals surface area contributed by atoms with E-state index >= 15 is 0 Å². The van der Waals surface area contributed by atoms with Gasteiger partial charge in [-0.1, -0.05) is 6.07 Å². The summed E-state index contributed by atoms with van der Waals surface area (Å²) in [5, 5.41) is 12.6. The van der Waals surface area contributed by atoms with Gasteiger partial charge >= 0.3 is 0 Å². The van der Waals surface area contributed by atoms with Gasteiger partial charge in [0.2, 0.25) is 0 Å². The number of hydrogen-bond donors (Lipinski definition) is 1. The zero-order chi connectivity index (χ0) is 12.3. The molecule has 1 aromatic carbocycles. The molecule has 0 amide bonds. The second-order valence-electron chi connectivity index (χ2n) is 4.57. The molecule has 1 unspecified atom stereocenters. The van der Waals surface area contributed by atoms with Crippen LogP contribution in [0.3, 0.4) is 0 Å². The Morgan fingerprint density at radius 3 is 2.94 bits per heavy atom. The summed E-state index contributed by atoms with van der Waals surface area (Å²) in [5.74, 6) is 0. The van der Waals surface area contributed by atoms with Gasteiger partial charge in [-0.15, -0.1) is 0 Å². The first kappa shape index (κ1) is 11.9. The molecule has 1 fully saturated rings. The molecule has 1 aliphatic rings. The van der Waals surface area contributed by atoms with Crippen molar-refractivity contribution >= 4 is 5.69 Å². The fraction of sp³-hybridized carbons (Fsp3) is 0.500. The molecule has 17 heavy (non-hydrogen) atoms. The van der Waals surface area contributed by atoms with E-state index in [4.69, 9.17) is 0 Å². The minimum atomic E-state index is 0.522. The molecule has 1 aromatic rings. The van der Waals surface area contributed by atoms with Crippen molar-refractivity contribution in [2.45, 2.75) is 26.3 Å². The molecule has 1 saturated heterocycles. The number of anilines is 1. The Bertz CT molecular complexity index is 428. The molecule has 0 aliphatic carbocycles. The van der Waals surface area contributed by atoms with Gasteiger partial charge in [-0.25, -0.2) is 0 Å². The van der Waals surface area contributed by atoms with Crippen molar-refractivity contribution in [2.75, 3.05) is 24.5 Å². The molecule has 1 heterocycles. The van der Waals surface area contributed by atoms with Crippen molar-refractivity contribution < 1.29 is 0 Å². The lowest BCUT2D eigenvalue weighted by molar-refractivity contribution is 0.647. The molecule has 0 bridgehead atoms. The predicted molar refractivity (Wildman–Crippen MR) is 70.2 cm³/mol. The monoisotopic (exact) mass is 229 g/mol. The molecule has 3 nitrogen and oxygen atoms in total. The van der Waals surface area contributed by atoms with E-state index in [0.717, 1.165) is 37.3 Å². The zero-order valence-electron chi connectivity index (χ0n) is 10.5. The van der Waals surface area contributed by atoms with Gasteiger partial charge in [0, 0.05) is 19.1 Å². The molecule has 1 atom stereocenters. The minimum absolute atomic E-state index is 0.522. The van der Waals surface area contributed by atoms with Gasteiger partial charge in [0.05, 0.1) is 11.3 Å². The van der Waals surface area contributed by atoms with E-state index in [2.05, 4.69) is 36.2 Å². The lowest BCUT2D eigenvalue weighted by atomic mass is 10.1. The Kier molecular flexibility index (Phi) is 3.65. The number of hydrogen-bond acceptors (Lipinski definition) is 3. The van der Waals surface area contributed by atoms with Crippen molar-refractivity contribution in [3.8, 4) is 6.07 Å². The molecule has 1 aliphatic heterocycles. The van der Waals surface area contributed by atoms with Crippen LogP contribution < -0.4 is 10.2 Å². The third kappa shape index (κ3) is 2.42. The maximum atomic E-state index is 9.20. The molecule has 0 aromatic heterocycles. The zero-order valence-corrected chi connectivity index (χ0v) is 10.5. The normalized spacial score (nSPS) is 19.0. The largest absolute Gasteiger partial charge is 0.366 e. The molecule has 90 valence electrons. The Morgan fingerprint density at radius 2 is 2.35 bits per heavy atom. The minimum Gasteiger partial charge on any atom is -0.366 e. The number of likely N-dealkylation sites (N-methyl/N-ethyl adjacent to an activating group) is 1. The van der Waals surface area contributed by atoms with E-state index in [1.54, 1.807) is 0 Å². The van der Waals surface area contributed by atoms with Crippen LogP contribution in [0.15, 0.2) is 18.2 Å². The van der Waals surface area contributed by atoms with Gasteiger partial charge in [0.1, 0.15) is 6.07 Å². The van der Waals surface area contributed by atoms with Crippen molar-refractivity contribution in [2.24, 2.45) is 0 Å². The summed E-state index contributed by atoms with van der Waals surface area (Å²) in [7, 11) is 0. The van der Waals surface area contributed by atoms with Gasteiger partial charge in [0.15, 0.2) is 0 Å². The van der Waals surface area contributed by atoms with Crippen molar-refractivity contribution in [1.82, 2.24) is 5.32 Å². The summed E-state index contributed by atoms with van der Waals surface area (Å²) in [5.41, 5.74) is 3.08. The second-order valence-corrected chi connectivity index (χ2v) is 4.57. The molecular formula is C14H19N3. The van der Waals surface area contributed by atoms with Crippen LogP contribution in [0.2, 0.25) is 0 Å². The summed E-state index contributed by atoms with van der Waals surface area (Å²) < 4.78 is 0. The standard InChI is InChI=1S/C14H19N3/c1-3-17(13-6-7-16-10-13)14-8-11(2)4-5-12(14)9-15/h4-5,8,13,16H,3,6-7,10H2,1-2H3. The first-order valence-electron chi connectivity index (χ1n) is 6.24. The highest BCUT2D eigenvalue weighted by Gasteiger charge is 2.23. The lowest BCUT2D eigenvalue weighted by Gasteiger charge is -2.30.